The molecule has 0 bridgehead atoms. The second-order valence-corrected chi connectivity index (χ2v) is 6.29. The van der Waals surface area contributed by atoms with Crippen molar-refractivity contribution < 1.29 is 9.21 Å². The Morgan fingerprint density at radius 1 is 1.24 bits per heavy atom. The highest BCUT2D eigenvalue weighted by molar-refractivity contribution is 7.14. The van der Waals surface area contributed by atoms with Gasteiger partial charge in [0.2, 0.25) is 5.91 Å². The van der Waals surface area contributed by atoms with E-state index in [1.807, 2.05) is 36.7 Å². The maximum atomic E-state index is 11.9. The monoisotopic (exact) mass is 319 g/mol. The lowest BCUT2D eigenvalue weighted by molar-refractivity contribution is -0.115. The number of amides is 1. The molecule has 0 aliphatic heterocycles. The van der Waals surface area contributed by atoms with E-state index in [-0.39, 0.29) is 12.3 Å². The largest absolute Gasteiger partial charge is 0.459 e. The summed E-state index contributed by atoms with van der Waals surface area (Å²) in [5.41, 5.74) is 1.63. The Morgan fingerprint density at radius 3 is 2.76 bits per heavy atom. The lowest BCUT2D eigenvalue weighted by Crippen LogP contribution is -2.14. The molecule has 21 heavy (non-hydrogen) atoms. The average Bonchev–Trinajstić information content (AvgIpc) is 3.12. The van der Waals surface area contributed by atoms with Crippen molar-refractivity contribution in [1.82, 2.24) is 9.97 Å². The number of aromatic nitrogens is 2. The highest BCUT2D eigenvalue weighted by Crippen LogP contribution is 2.25. The third-order valence-corrected chi connectivity index (χ3v) is 4.49. The predicted octanol–water partition coefficient (Wildman–Crippen LogP) is 3.66. The number of carbonyl (C=O) groups is 1. The fourth-order valence-electron chi connectivity index (χ4n) is 1.79. The van der Waals surface area contributed by atoms with Crippen LogP contribution in [0.5, 0.6) is 0 Å². The first-order valence-corrected chi connectivity index (χ1v) is 8.09. The molecule has 5 nitrogen and oxygen atoms in total. The van der Waals surface area contributed by atoms with Crippen LogP contribution in [0.4, 0.5) is 5.13 Å². The Labute approximate surface area is 129 Å². The summed E-state index contributed by atoms with van der Waals surface area (Å²) in [6.07, 6.45) is 0.231. The summed E-state index contributed by atoms with van der Waals surface area (Å²) in [5, 5.41) is 7.96. The third kappa shape index (κ3) is 3.37. The molecule has 0 saturated carbocycles. The summed E-state index contributed by atoms with van der Waals surface area (Å²) in [6, 6.07) is 3.78. The van der Waals surface area contributed by atoms with Gasteiger partial charge < -0.3 is 9.73 Å². The van der Waals surface area contributed by atoms with Crippen LogP contribution in [0, 0.1) is 13.8 Å². The molecule has 7 heteroatoms. The lowest BCUT2D eigenvalue weighted by Gasteiger charge is -1.98. The molecule has 0 aliphatic carbocycles. The minimum Gasteiger partial charge on any atom is -0.459 e. The number of thiazole rings is 2. The zero-order valence-electron chi connectivity index (χ0n) is 11.5. The van der Waals surface area contributed by atoms with Gasteiger partial charge in [0.25, 0.3) is 0 Å². The molecule has 3 heterocycles. The first kappa shape index (κ1) is 14.0. The number of hydrogen-bond acceptors (Lipinski definition) is 6. The Morgan fingerprint density at radius 2 is 2.10 bits per heavy atom. The molecule has 108 valence electrons. The third-order valence-electron chi connectivity index (χ3n) is 2.71. The standard InChI is InChI=1S/C14H13N3O2S2/c1-8-6-21-14(15-8)17-12(18)5-10-7-20-13(16-10)11-4-3-9(2)19-11/h3-4,6-7H,5H2,1-2H3,(H,15,17,18). The topological polar surface area (TPSA) is 68.0 Å². The second kappa shape index (κ2) is 5.79. The first-order valence-electron chi connectivity index (χ1n) is 6.33. The van der Waals surface area contributed by atoms with Crippen molar-refractivity contribution in [2.24, 2.45) is 0 Å². The molecule has 1 amide bonds. The number of aryl methyl sites for hydroxylation is 2. The van der Waals surface area contributed by atoms with Gasteiger partial charge in [0.05, 0.1) is 17.8 Å². The quantitative estimate of drug-likeness (QED) is 0.797. The molecule has 1 N–H and O–H groups in total. The van der Waals surface area contributed by atoms with Crippen LogP contribution in [0.3, 0.4) is 0 Å². The summed E-state index contributed by atoms with van der Waals surface area (Å²) >= 11 is 2.89. The number of rotatable bonds is 4. The van der Waals surface area contributed by atoms with E-state index in [0.29, 0.717) is 5.13 Å². The van der Waals surface area contributed by atoms with Gasteiger partial charge in [0.15, 0.2) is 15.9 Å². The minimum absolute atomic E-state index is 0.114. The van der Waals surface area contributed by atoms with Crippen LogP contribution in [0.15, 0.2) is 27.3 Å². The molecule has 3 aromatic heterocycles. The van der Waals surface area contributed by atoms with Crippen molar-refractivity contribution in [3.05, 3.63) is 40.0 Å². The van der Waals surface area contributed by atoms with Crippen LogP contribution in [0.25, 0.3) is 10.8 Å². The van der Waals surface area contributed by atoms with E-state index in [0.717, 1.165) is 27.9 Å². The molecule has 0 unspecified atom stereocenters. The molecule has 0 saturated heterocycles. The van der Waals surface area contributed by atoms with Crippen LogP contribution in [0.1, 0.15) is 17.1 Å². The molecule has 3 aromatic rings. The fourth-order valence-corrected chi connectivity index (χ4v) is 3.27. The van der Waals surface area contributed by atoms with E-state index in [2.05, 4.69) is 15.3 Å². The Hall–Kier alpha value is -1.99. The van der Waals surface area contributed by atoms with Crippen molar-refractivity contribution >= 4 is 33.7 Å². The van der Waals surface area contributed by atoms with E-state index >= 15 is 0 Å². The smallest absolute Gasteiger partial charge is 0.232 e. The zero-order valence-corrected chi connectivity index (χ0v) is 13.2. The molecular formula is C14H13N3O2S2. The molecule has 0 spiro atoms. The van der Waals surface area contributed by atoms with Gasteiger partial charge in [0.1, 0.15) is 5.76 Å². The second-order valence-electron chi connectivity index (χ2n) is 4.57. The molecule has 0 aliphatic rings. The molecule has 0 aromatic carbocycles. The number of furan rings is 1. The Balaban J connectivity index is 1.65. The SMILES string of the molecule is Cc1csc(NC(=O)Cc2csc(-c3ccc(C)o3)n2)n1. The van der Waals surface area contributed by atoms with Crippen LogP contribution >= 0.6 is 22.7 Å². The van der Waals surface area contributed by atoms with Gasteiger partial charge in [-0.15, -0.1) is 22.7 Å². The van der Waals surface area contributed by atoms with E-state index in [1.165, 1.54) is 22.7 Å². The van der Waals surface area contributed by atoms with E-state index < -0.39 is 0 Å². The summed E-state index contributed by atoms with van der Waals surface area (Å²) in [4.78, 5) is 20.6. The van der Waals surface area contributed by atoms with E-state index in [9.17, 15) is 4.79 Å². The van der Waals surface area contributed by atoms with Gasteiger partial charge in [0, 0.05) is 10.8 Å². The number of hydrogen-bond donors (Lipinski definition) is 1. The van der Waals surface area contributed by atoms with Gasteiger partial charge in [-0.05, 0) is 26.0 Å². The maximum absolute atomic E-state index is 11.9. The summed E-state index contributed by atoms with van der Waals surface area (Å²) in [6.45, 7) is 3.78. The van der Waals surface area contributed by atoms with Crippen molar-refractivity contribution in [2.45, 2.75) is 20.3 Å². The molecule has 3 rings (SSSR count). The highest BCUT2D eigenvalue weighted by atomic mass is 32.1. The van der Waals surface area contributed by atoms with Gasteiger partial charge in [-0.1, -0.05) is 0 Å². The van der Waals surface area contributed by atoms with Crippen LogP contribution in [-0.2, 0) is 11.2 Å². The lowest BCUT2D eigenvalue weighted by atomic mass is 10.3. The average molecular weight is 319 g/mol. The van der Waals surface area contributed by atoms with Gasteiger partial charge in [-0.3, -0.25) is 4.79 Å². The van der Waals surface area contributed by atoms with Gasteiger partial charge in [-0.25, -0.2) is 9.97 Å². The van der Waals surface area contributed by atoms with Crippen molar-refractivity contribution in [3.8, 4) is 10.8 Å². The van der Waals surface area contributed by atoms with E-state index in [1.54, 1.807) is 0 Å². The Kier molecular flexibility index (Phi) is 3.85. The number of nitrogens with one attached hydrogen (secondary N) is 1. The van der Waals surface area contributed by atoms with Gasteiger partial charge in [-0.2, -0.15) is 0 Å². The minimum atomic E-state index is -0.114. The predicted molar refractivity (Wildman–Crippen MR) is 83.7 cm³/mol. The molecule has 0 radical (unpaired) electrons. The molecular weight excluding hydrogens is 306 g/mol. The summed E-state index contributed by atoms with van der Waals surface area (Å²) in [7, 11) is 0. The van der Waals surface area contributed by atoms with Crippen LogP contribution in [0.2, 0.25) is 0 Å². The first-order chi connectivity index (χ1) is 10.1. The summed E-state index contributed by atoms with van der Waals surface area (Å²) < 4.78 is 5.53. The highest BCUT2D eigenvalue weighted by Gasteiger charge is 2.12. The molecule has 0 fully saturated rings. The van der Waals surface area contributed by atoms with Crippen molar-refractivity contribution in [3.63, 3.8) is 0 Å². The van der Waals surface area contributed by atoms with Crippen molar-refractivity contribution in [1.29, 1.82) is 0 Å². The number of anilines is 1. The van der Waals surface area contributed by atoms with Crippen LogP contribution < -0.4 is 5.32 Å². The molecule has 0 atom stereocenters. The summed E-state index contributed by atoms with van der Waals surface area (Å²) in [5.74, 6) is 1.47. The maximum Gasteiger partial charge on any atom is 0.232 e. The Bertz CT molecular complexity index is 773. The van der Waals surface area contributed by atoms with E-state index in [4.69, 9.17) is 4.42 Å². The normalized spacial score (nSPS) is 10.8. The number of nitrogens with zero attached hydrogens (tertiary/aromatic N) is 2. The van der Waals surface area contributed by atoms with Gasteiger partial charge >= 0.3 is 0 Å². The number of carbonyl (C=O) groups excluding carboxylic acids is 1. The van der Waals surface area contributed by atoms with Crippen molar-refractivity contribution in [2.75, 3.05) is 5.32 Å². The zero-order chi connectivity index (χ0) is 14.8. The fraction of sp³-hybridized carbons (Fsp3) is 0.214. The van der Waals surface area contributed by atoms with Crippen LogP contribution in [-0.4, -0.2) is 15.9 Å².